The van der Waals surface area contributed by atoms with Crippen LogP contribution in [0.5, 0.6) is 0 Å². The number of hydrogen-bond acceptors (Lipinski definition) is 4. The quantitative estimate of drug-likeness (QED) is 0.789. The first-order valence-corrected chi connectivity index (χ1v) is 6.06. The lowest BCUT2D eigenvalue weighted by Gasteiger charge is -2.18. The third-order valence-corrected chi connectivity index (χ3v) is 2.37. The summed E-state index contributed by atoms with van der Waals surface area (Å²) in [6.07, 6.45) is 4.46. The second-order valence-electron chi connectivity index (χ2n) is 5.37. The summed E-state index contributed by atoms with van der Waals surface area (Å²) in [6, 6.07) is 3.86. The lowest BCUT2D eigenvalue weighted by Crippen LogP contribution is -2.27. The fourth-order valence-corrected chi connectivity index (χ4v) is 1.56. The maximum Gasteiger partial charge on any atom is 0.435 e. The number of nitrogens with zero attached hydrogens (tertiary/aromatic N) is 3. The molecule has 0 radical (unpaired) electrons. The van der Waals surface area contributed by atoms with Crippen LogP contribution in [-0.4, -0.2) is 26.5 Å². The van der Waals surface area contributed by atoms with Gasteiger partial charge in [-0.15, -0.1) is 0 Å². The molecule has 0 N–H and O–H groups in total. The highest BCUT2D eigenvalue weighted by Gasteiger charge is 2.18. The van der Waals surface area contributed by atoms with Crippen LogP contribution < -0.4 is 0 Å². The predicted octanol–water partition coefficient (Wildman–Crippen LogP) is 3.04. The molecule has 0 spiro atoms. The van der Waals surface area contributed by atoms with Crippen molar-refractivity contribution in [2.24, 2.45) is 0 Å². The van der Waals surface area contributed by atoms with Gasteiger partial charge in [-0.1, -0.05) is 0 Å². The van der Waals surface area contributed by atoms with Gasteiger partial charge in [0, 0.05) is 18.0 Å². The summed E-state index contributed by atoms with van der Waals surface area (Å²) in [5.74, 6) is 0. The minimum absolute atomic E-state index is 0.494. The fourth-order valence-electron chi connectivity index (χ4n) is 1.56. The van der Waals surface area contributed by atoms with Gasteiger partial charge in [-0.2, -0.15) is 9.78 Å². The van der Waals surface area contributed by atoms with Crippen molar-refractivity contribution in [3.8, 4) is 11.3 Å². The molecule has 0 saturated carbocycles. The summed E-state index contributed by atoms with van der Waals surface area (Å²) < 4.78 is 6.42. The first kappa shape index (κ1) is 13.3. The van der Waals surface area contributed by atoms with Crippen molar-refractivity contribution in [2.45, 2.75) is 33.3 Å². The highest BCUT2D eigenvalue weighted by atomic mass is 16.6. The van der Waals surface area contributed by atoms with Crippen molar-refractivity contribution in [3.05, 3.63) is 36.3 Å². The van der Waals surface area contributed by atoms with E-state index < -0.39 is 11.7 Å². The van der Waals surface area contributed by atoms with E-state index in [0.29, 0.717) is 0 Å². The molecule has 0 aliphatic heterocycles. The first-order chi connectivity index (χ1) is 8.85. The number of aryl methyl sites for hydroxylation is 1. The lowest BCUT2D eigenvalue weighted by atomic mass is 10.2. The third kappa shape index (κ3) is 3.40. The fraction of sp³-hybridized carbons (Fsp3) is 0.357. The van der Waals surface area contributed by atoms with Gasteiger partial charge in [0.25, 0.3) is 0 Å². The van der Waals surface area contributed by atoms with Crippen LogP contribution in [0.4, 0.5) is 4.79 Å². The number of carbonyl (C=O) groups excluding carboxylic acids is 1. The number of carbonyl (C=O) groups is 1. The maximum atomic E-state index is 11.8. The van der Waals surface area contributed by atoms with Crippen LogP contribution in [-0.2, 0) is 4.74 Å². The molecular weight excluding hydrogens is 242 g/mol. The van der Waals surface area contributed by atoms with Gasteiger partial charge in [0.1, 0.15) is 5.60 Å². The summed E-state index contributed by atoms with van der Waals surface area (Å²) in [5, 5.41) is 4.01. The van der Waals surface area contributed by atoms with Crippen LogP contribution in [0.2, 0.25) is 0 Å². The summed E-state index contributed by atoms with van der Waals surface area (Å²) in [4.78, 5) is 16.1. The van der Waals surface area contributed by atoms with Gasteiger partial charge in [-0.25, -0.2) is 4.79 Å². The van der Waals surface area contributed by atoms with Crippen molar-refractivity contribution in [3.63, 3.8) is 0 Å². The molecule has 0 fully saturated rings. The molecule has 0 bridgehead atoms. The summed E-state index contributed by atoms with van der Waals surface area (Å²) >= 11 is 0. The summed E-state index contributed by atoms with van der Waals surface area (Å²) in [5.41, 5.74) is 2.14. The van der Waals surface area contributed by atoms with Gasteiger partial charge in [-0.3, -0.25) is 4.98 Å². The van der Waals surface area contributed by atoms with E-state index in [2.05, 4.69) is 10.1 Å². The average molecular weight is 259 g/mol. The summed E-state index contributed by atoms with van der Waals surface area (Å²) in [7, 11) is 0. The largest absolute Gasteiger partial charge is 0.442 e. The predicted molar refractivity (Wildman–Crippen MR) is 71.8 cm³/mol. The van der Waals surface area contributed by atoms with Crippen LogP contribution in [0.1, 0.15) is 26.3 Å². The Morgan fingerprint density at radius 3 is 2.74 bits per heavy atom. The van der Waals surface area contributed by atoms with E-state index in [1.165, 1.54) is 4.68 Å². The molecule has 5 nitrogen and oxygen atoms in total. The molecule has 0 unspecified atom stereocenters. The summed E-state index contributed by atoms with van der Waals surface area (Å²) in [6.45, 7) is 7.44. The Labute approximate surface area is 112 Å². The third-order valence-electron chi connectivity index (χ3n) is 2.37. The zero-order chi connectivity index (χ0) is 14.0. The molecule has 0 aliphatic rings. The molecule has 2 heterocycles. The first-order valence-electron chi connectivity index (χ1n) is 6.06. The Balaban J connectivity index is 2.22. The van der Waals surface area contributed by atoms with Crippen molar-refractivity contribution in [1.82, 2.24) is 14.8 Å². The monoisotopic (exact) mass is 259 g/mol. The van der Waals surface area contributed by atoms with E-state index in [1.54, 1.807) is 18.6 Å². The van der Waals surface area contributed by atoms with E-state index in [9.17, 15) is 4.79 Å². The zero-order valence-electron chi connectivity index (χ0n) is 11.5. The maximum absolute atomic E-state index is 11.8. The number of rotatable bonds is 1. The second kappa shape index (κ2) is 4.84. The standard InChI is InChI=1S/C14H17N3O2/c1-10-5-6-15-12(7-10)11-8-16-17(9-11)13(18)19-14(2,3)4/h5-9H,1-4H3. The van der Waals surface area contributed by atoms with E-state index in [1.807, 2.05) is 39.8 Å². The van der Waals surface area contributed by atoms with Crippen molar-refractivity contribution < 1.29 is 9.53 Å². The molecule has 2 aromatic rings. The topological polar surface area (TPSA) is 57.0 Å². The van der Waals surface area contributed by atoms with Gasteiger partial charge >= 0.3 is 6.09 Å². The molecule has 2 aromatic heterocycles. The van der Waals surface area contributed by atoms with Gasteiger partial charge in [-0.05, 0) is 45.4 Å². The second-order valence-corrected chi connectivity index (χ2v) is 5.37. The Morgan fingerprint density at radius 1 is 1.37 bits per heavy atom. The number of aromatic nitrogens is 3. The Morgan fingerprint density at radius 2 is 2.11 bits per heavy atom. The van der Waals surface area contributed by atoms with Gasteiger partial charge in [0.05, 0.1) is 11.9 Å². The lowest BCUT2D eigenvalue weighted by molar-refractivity contribution is 0.0514. The van der Waals surface area contributed by atoms with E-state index in [4.69, 9.17) is 4.74 Å². The minimum Gasteiger partial charge on any atom is -0.442 e. The van der Waals surface area contributed by atoms with Gasteiger partial charge in [0.15, 0.2) is 0 Å². The highest BCUT2D eigenvalue weighted by molar-refractivity contribution is 5.72. The Bertz CT molecular complexity index is 597. The van der Waals surface area contributed by atoms with E-state index in [0.717, 1.165) is 16.8 Å². The molecule has 5 heteroatoms. The molecule has 0 saturated heterocycles. The van der Waals surface area contributed by atoms with Gasteiger partial charge < -0.3 is 4.74 Å². The van der Waals surface area contributed by atoms with Crippen LogP contribution in [0.25, 0.3) is 11.3 Å². The van der Waals surface area contributed by atoms with Crippen molar-refractivity contribution in [2.75, 3.05) is 0 Å². The Kier molecular flexibility index (Phi) is 3.38. The smallest absolute Gasteiger partial charge is 0.435 e. The van der Waals surface area contributed by atoms with Gasteiger partial charge in [0.2, 0.25) is 0 Å². The van der Waals surface area contributed by atoms with Crippen LogP contribution in [0.3, 0.4) is 0 Å². The highest BCUT2D eigenvalue weighted by Crippen LogP contribution is 2.17. The molecule has 2 rings (SSSR count). The molecular formula is C14H17N3O2. The molecule has 0 aliphatic carbocycles. The molecule has 0 aromatic carbocycles. The van der Waals surface area contributed by atoms with E-state index >= 15 is 0 Å². The normalized spacial score (nSPS) is 11.4. The SMILES string of the molecule is Cc1ccnc(-c2cnn(C(=O)OC(C)(C)C)c2)c1. The minimum atomic E-state index is -0.537. The van der Waals surface area contributed by atoms with Crippen molar-refractivity contribution in [1.29, 1.82) is 0 Å². The van der Waals surface area contributed by atoms with Crippen LogP contribution >= 0.6 is 0 Å². The number of pyridine rings is 1. The average Bonchev–Trinajstić information content (AvgIpc) is 2.75. The van der Waals surface area contributed by atoms with Crippen molar-refractivity contribution >= 4 is 6.09 Å². The number of hydrogen-bond donors (Lipinski definition) is 0. The molecule has 0 atom stereocenters. The molecule has 19 heavy (non-hydrogen) atoms. The number of ether oxygens (including phenoxy) is 1. The molecule has 100 valence electrons. The molecule has 0 amide bonds. The van der Waals surface area contributed by atoms with E-state index in [-0.39, 0.29) is 0 Å². The van der Waals surface area contributed by atoms with Crippen LogP contribution in [0, 0.1) is 6.92 Å². The van der Waals surface area contributed by atoms with Crippen LogP contribution in [0.15, 0.2) is 30.7 Å². The zero-order valence-corrected chi connectivity index (χ0v) is 11.5. The Hall–Kier alpha value is -2.17.